The van der Waals surface area contributed by atoms with Gasteiger partial charge in [-0.2, -0.15) is 0 Å². The molecule has 2 atom stereocenters. The van der Waals surface area contributed by atoms with Gasteiger partial charge in [-0.05, 0) is 38.4 Å². The summed E-state index contributed by atoms with van der Waals surface area (Å²) in [5, 5.41) is 32.1. The molecule has 2 saturated heterocycles. The first-order chi connectivity index (χ1) is 33.3. The maximum absolute atomic E-state index is 12.8. The smallest absolute Gasteiger partial charge is 0.412 e. The van der Waals surface area contributed by atoms with Crippen molar-refractivity contribution in [2.75, 3.05) is 76.3 Å². The quantitative estimate of drug-likeness (QED) is 0.184. The summed E-state index contributed by atoms with van der Waals surface area (Å²) in [5.41, 5.74) is 0.874. The lowest BCUT2D eigenvalue weighted by molar-refractivity contribution is -0.134. The Kier molecular flexibility index (Phi) is 18.6. The molecule has 4 aromatic rings. The fourth-order valence-electron chi connectivity index (χ4n) is 6.36. The Hall–Kier alpha value is -8.20. The maximum Gasteiger partial charge on any atom is 0.412 e. The van der Waals surface area contributed by atoms with Gasteiger partial charge in [0, 0.05) is 114 Å². The Balaban J connectivity index is 0.000000200. The first-order valence-electron chi connectivity index (χ1n) is 20.4. The number of ether oxygens (including phenoxy) is 2. The number of hydrogen-bond donors (Lipinski definition) is 4. The second-order valence-corrected chi connectivity index (χ2v) is 15.5. The van der Waals surface area contributed by atoms with Crippen LogP contribution in [-0.2, 0) is 28.7 Å². The van der Waals surface area contributed by atoms with Crippen LogP contribution in [0.5, 0.6) is 0 Å². The van der Waals surface area contributed by atoms with Gasteiger partial charge in [0.05, 0.1) is 10.0 Å². The zero-order valence-corrected chi connectivity index (χ0v) is 38.4. The summed E-state index contributed by atoms with van der Waals surface area (Å²) in [6.45, 7) is 5.28. The van der Waals surface area contributed by atoms with E-state index in [-0.39, 0.29) is 11.4 Å². The van der Waals surface area contributed by atoms with Crippen molar-refractivity contribution in [2.24, 2.45) is 0 Å². The average molecular weight is 1010 g/mol. The second-order valence-electron chi connectivity index (χ2n) is 14.7. The van der Waals surface area contributed by atoms with Gasteiger partial charge in [0.1, 0.15) is 23.0 Å². The van der Waals surface area contributed by atoms with Crippen LogP contribution in [0.2, 0.25) is 10.0 Å². The zero-order valence-electron chi connectivity index (χ0n) is 36.9. The molecule has 0 unspecified atom stereocenters. The van der Waals surface area contributed by atoms with Gasteiger partial charge < -0.3 is 49.5 Å². The first kappa shape index (κ1) is 52.8. The molecule has 4 amide bonds. The normalized spacial score (nSPS) is 17.5. The monoisotopic (exact) mass is 1010 g/mol. The number of aliphatic carboxylic acids is 4. The van der Waals surface area contributed by atoms with E-state index in [1.807, 2.05) is 14.1 Å². The van der Waals surface area contributed by atoms with Crippen molar-refractivity contribution in [1.82, 2.24) is 49.5 Å². The Labute approximate surface area is 406 Å². The van der Waals surface area contributed by atoms with E-state index in [4.69, 9.17) is 53.1 Å². The molecule has 8 heterocycles. The number of rotatable bonds is 8. The van der Waals surface area contributed by atoms with E-state index in [0.29, 0.717) is 83.6 Å². The van der Waals surface area contributed by atoms with Crippen LogP contribution in [0.4, 0.5) is 21.2 Å². The summed E-state index contributed by atoms with van der Waals surface area (Å²) in [5.74, 6) is -5.27. The average Bonchev–Trinajstić information content (AvgIpc) is 3.77. The summed E-state index contributed by atoms with van der Waals surface area (Å²) in [6.07, 6.45) is 7.80. The molecule has 70 heavy (non-hydrogen) atoms. The SMILES string of the molecule is CN1CCN(C(=O)O[C@H]2c3nccnc3C(=O)N2c2ccc(Cl)cn2)CC1.CN1CCN(C(=O)O[C@H]2c3nccnc3C(=O)N2c2ccc(Cl)cn2)CC1.O=C(O)/C=C\C(=O)O.O=C(O)/C=C\C(=O)O. The summed E-state index contributed by atoms with van der Waals surface area (Å²) < 4.78 is 11.4. The number of pyridine rings is 2. The molecule has 28 heteroatoms. The van der Waals surface area contributed by atoms with E-state index in [9.17, 15) is 38.4 Å². The Morgan fingerprint density at radius 2 is 0.829 bits per heavy atom. The Bertz CT molecular complexity index is 2420. The van der Waals surface area contributed by atoms with Crippen LogP contribution in [-0.4, -0.2) is 184 Å². The number of carbonyl (C=O) groups is 8. The van der Waals surface area contributed by atoms with Gasteiger partial charge in [-0.15, -0.1) is 0 Å². The van der Waals surface area contributed by atoms with Gasteiger partial charge in [-0.25, -0.2) is 58.5 Å². The number of aromatic nitrogens is 6. The van der Waals surface area contributed by atoms with Crippen LogP contribution in [0.15, 0.2) is 85.8 Å². The number of hydrogen-bond acceptors (Lipinski definition) is 18. The molecule has 4 aliphatic rings. The number of carboxylic acid groups (broad SMARTS) is 4. The topological polar surface area (TPSA) is 333 Å². The van der Waals surface area contributed by atoms with E-state index in [1.54, 1.807) is 34.1 Å². The minimum Gasteiger partial charge on any atom is -0.478 e. The van der Waals surface area contributed by atoms with Crippen LogP contribution in [0.3, 0.4) is 0 Å². The number of anilines is 2. The number of likely N-dealkylation sites (N-methyl/N-ethyl adjacent to an activating group) is 2. The van der Waals surface area contributed by atoms with Crippen molar-refractivity contribution in [3.63, 3.8) is 0 Å². The predicted octanol–water partition coefficient (Wildman–Crippen LogP) is 2.56. The van der Waals surface area contributed by atoms with Gasteiger partial charge in [0.25, 0.3) is 11.8 Å². The molecule has 2 fully saturated rings. The van der Waals surface area contributed by atoms with Gasteiger partial charge in [-0.3, -0.25) is 19.6 Å². The summed E-state index contributed by atoms with van der Waals surface area (Å²) in [7, 11) is 4.00. The van der Waals surface area contributed by atoms with E-state index in [2.05, 4.69) is 39.7 Å². The van der Waals surface area contributed by atoms with Crippen molar-refractivity contribution in [3.8, 4) is 0 Å². The van der Waals surface area contributed by atoms with Gasteiger partial charge in [0.15, 0.2) is 11.4 Å². The van der Waals surface area contributed by atoms with Crippen molar-refractivity contribution >= 4 is 82.7 Å². The number of amides is 4. The molecule has 26 nitrogen and oxygen atoms in total. The highest BCUT2D eigenvalue weighted by Crippen LogP contribution is 2.37. The molecule has 368 valence electrons. The number of carboxylic acids is 4. The molecule has 0 saturated carbocycles. The predicted molar refractivity (Wildman–Crippen MR) is 242 cm³/mol. The lowest BCUT2D eigenvalue weighted by Crippen LogP contribution is -2.48. The fourth-order valence-corrected chi connectivity index (χ4v) is 6.59. The molecule has 0 radical (unpaired) electrons. The van der Waals surface area contributed by atoms with Crippen LogP contribution in [0.25, 0.3) is 0 Å². The second kappa shape index (κ2) is 24.7. The fraction of sp³-hybridized carbons (Fsp3) is 0.286. The summed E-state index contributed by atoms with van der Waals surface area (Å²) in [4.78, 5) is 124. The number of nitrogens with zero attached hydrogens (tertiary/aromatic N) is 12. The highest BCUT2D eigenvalue weighted by atomic mass is 35.5. The highest BCUT2D eigenvalue weighted by Gasteiger charge is 2.45. The van der Waals surface area contributed by atoms with Gasteiger partial charge in [0.2, 0.25) is 12.5 Å². The molecule has 0 aromatic carbocycles. The van der Waals surface area contributed by atoms with Crippen molar-refractivity contribution < 1.29 is 68.3 Å². The molecule has 0 bridgehead atoms. The molecular formula is C42H42Cl2N12O14. The van der Waals surface area contributed by atoms with Gasteiger partial charge >= 0.3 is 36.1 Å². The molecular weight excluding hydrogens is 967 g/mol. The molecule has 8 rings (SSSR count). The van der Waals surface area contributed by atoms with E-state index in [1.165, 1.54) is 47.0 Å². The van der Waals surface area contributed by atoms with E-state index < -0.39 is 60.3 Å². The largest absolute Gasteiger partial charge is 0.478 e. The summed E-state index contributed by atoms with van der Waals surface area (Å²) in [6, 6.07) is 6.40. The molecule has 0 spiro atoms. The maximum atomic E-state index is 12.8. The third kappa shape index (κ3) is 14.4. The number of piperazine rings is 2. The molecule has 4 aromatic heterocycles. The van der Waals surface area contributed by atoms with Crippen molar-refractivity contribution in [3.05, 3.63) is 119 Å². The number of carbonyl (C=O) groups excluding carboxylic acids is 4. The van der Waals surface area contributed by atoms with Crippen LogP contribution in [0.1, 0.15) is 44.8 Å². The number of fused-ring (bicyclic) bond motifs is 2. The Morgan fingerprint density at radius 3 is 1.11 bits per heavy atom. The van der Waals surface area contributed by atoms with E-state index in [0.717, 1.165) is 26.2 Å². The lowest BCUT2D eigenvalue weighted by Gasteiger charge is -2.33. The molecule has 4 N–H and O–H groups in total. The lowest BCUT2D eigenvalue weighted by atomic mass is 10.3. The Morgan fingerprint density at radius 1 is 0.514 bits per heavy atom. The van der Waals surface area contributed by atoms with Crippen molar-refractivity contribution in [2.45, 2.75) is 12.5 Å². The third-order valence-electron chi connectivity index (χ3n) is 9.83. The minimum absolute atomic E-state index is 0.144. The minimum atomic E-state index is -1.26. The molecule has 0 aliphatic carbocycles. The van der Waals surface area contributed by atoms with Crippen LogP contribution >= 0.6 is 23.2 Å². The number of halogens is 2. The van der Waals surface area contributed by atoms with Crippen molar-refractivity contribution in [1.29, 1.82) is 0 Å². The first-order valence-corrected chi connectivity index (χ1v) is 21.2. The van der Waals surface area contributed by atoms with E-state index >= 15 is 0 Å². The highest BCUT2D eigenvalue weighted by molar-refractivity contribution is 6.30. The standard InChI is InChI=1S/2C17H17ClN6O3.2C4H4O4/c2*1-22-6-8-23(9-7-22)17(26)27-16-14-13(19-4-5-20-14)15(25)24(16)12-3-2-11(18)10-21-12;2*5-3(6)1-2-4(7)8/h2*2-5,10,16H,6-9H2,1H3;2*1-2H,(H,5,6)(H,7,8)/b;;2*2-1-/t2*16-;;/m00../s1. The third-order valence-corrected chi connectivity index (χ3v) is 10.3. The van der Waals surface area contributed by atoms with Crippen LogP contribution < -0.4 is 9.80 Å². The summed E-state index contributed by atoms with van der Waals surface area (Å²) >= 11 is 11.8. The molecule has 4 aliphatic heterocycles. The zero-order chi connectivity index (χ0) is 51.1. The van der Waals surface area contributed by atoms with Gasteiger partial charge in [-0.1, -0.05) is 23.2 Å². The van der Waals surface area contributed by atoms with Crippen LogP contribution in [0, 0.1) is 0 Å².